The van der Waals surface area contributed by atoms with Crippen LogP contribution < -0.4 is 0 Å². The minimum absolute atomic E-state index is 0.557. The van der Waals surface area contributed by atoms with E-state index in [-0.39, 0.29) is 0 Å². The van der Waals surface area contributed by atoms with Gasteiger partial charge in [0.2, 0.25) is 0 Å². The van der Waals surface area contributed by atoms with E-state index < -0.39 is 6.10 Å². The number of rotatable bonds is 2. The molecule has 72 valence electrons. The van der Waals surface area contributed by atoms with Gasteiger partial charge in [0.1, 0.15) is 22.0 Å². The van der Waals surface area contributed by atoms with Crippen molar-refractivity contribution in [1.29, 1.82) is 0 Å². The number of hydrogen-bond donors (Lipinski definition) is 1. The van der Waals surface area contributed by atoms with Crippen molar-refractivity contribution in [2.75, 3.05) is 0 Å². The van der Waals surface area contributed by atoms with Crippen LogP contribution in [0.25, 0.3) is 0 Å². The highest BCUT2D eigenvalue weighted by atomic mass is 79.9. The molecule has 0 aliphatic rings. The average molecular weight is 272 g/mol. The normalized spacial score (nSPS) is 12.7. The van der Waals surface area contributed by atoms with Crippen molar-refractivity contribution >= 4 is 27.3 Å². The Bertz CT molecular complexity index is 420. The van der Waals surface area contributed by atoms with Crippen LogP contribution in [-0.2, 0) is 0 Å². The molecule has 0 aliphatic carbocycles. The third kappa shape index (κ3) is 1.97. The Labute approximate surface area is 92.8 Å². The smallest absolute Gasteiger partial charge is 0.147 e. The van der Waals surface area contributed by atoms with Gasteiger partial charge in [-0.3, -0.25) is 0 Å². The topological polar surface area (TPSA) is 58.9 Å². The molecular weight excluding hydrogens is 266 g/mol. The van der Waals surface area contributed by atoms with Gasteiger partial charge in [-0.15, -0.1) is 11.3 Å². The van der Waals surface area contributed by atoms with E-state index >= 15 is 0 Å². The molecule has 2 aromatic rings. The van der Waals surface area contributed by atoms with Crippen LogP contribution in [-0.4, -0.2) is 20.1 Å². The number of nitrogens with zero attached hydrogens (tertiary/aromatic N) is 3. The van der Waals surface area contributed by atoms with E-state index in [1.165, 1.54) is 17.7 Å². The van der Waals surface area contributed by atoms with Gasteiger partial charge in [0, 0.05) is 11.6 Å². The van der Waals surface area contributed by atoms with Gasteiger partial charge < -0.3 is 5.11 Å². The zero-order valence-corrected chi connectivity index (χ0v) is 9.36. The fourth-order valence-corrected chi connectivity index (χ4v) is 2.24. The second-order valence-corrected chi connectivity index (χ2v) is 4.25. The van der Waals surface area contributed by atoms with Gasteiger partial charge >= 0.3 is 0 Å². The summed E-state index contributed by atoms with van der Waals surface area (Å²) in [7, 11) is 0. The lowest BCUT2D eigenvalue weighted by Crippen LogP contribution is -2.01. The van der Waals surface area contributed by atoms with Crippen LogP contribution in [0.4, 0.5) is 0 Å². The van der Waals surface area contributed by atoms with Gasteiger partial charge in [0.15, 0.2) is 0 Å². The average Bonchev–Trinajstić information content (AvgIpc) is 2.65. The van der Waals surface area contributed by atoms with E-state index in [2.05, 4.69) is 30.9 Å². The number of aliphatic hydroxyl groups excluding tert-OH is 1. The van der Waals surface area contributed by atoms with Crippen molar-refractivity contribution in [3.05, 3.63) is 39.3 Å². The van der Waals surface area contributed by atoms with Crippen molar-refractivity contribution in [3.63, 3.8) is 0 Å². The first-order chi connectivity index (χ1) is 6.77. The van der Waals surface area contributed by atoms with Crippen LogP contribution in [0.2, 0.25) is 0 Å². The predicted octanol–water partition coefficient (Wildman–Crippen LogP) is 1.78. The third-order valence-electron chi connectivity index (χ3n) is 1.61. The molecule has 4 nitrogen and oxygen atoms in total. The number of thiazole rings is 1. The number of aliphatic hydroxyl groups is 1. The molecule has 2 aromatic heterocycles. The highest BCUT2D eigenvalue weighted by molar-refractivity contribution is 9.10. The number of halogens is 1. The fraction of sp³-hybridized carbons (Fsp3) is 0.125. The maximum Gasteiger partial charge on any atom is 0.147 e. The molecule has 14 heavy (non-hydrogen) atoms. The van der Waals surface area contributed by atoms with Crippen LogP contribution >= 0.6 is 27.3 Å². The predicted molar refractivity (Wildman–Crippen MR) is 55.9 cm³/mol. The summed E-state index contributed by atoms with van der Waals surface area (Å²) in [6.45, 7) is 0. The summed E-state index contributed by atoms with van der Waals surface area (Å²) in [5, 5.41) is 12.3. The van der Waals surface area contributed by atoms with E-state index in [1.54, 1.807) is 12.3 Å². The molecule has 0 aliphatic heterocycles. The second-order valence-electron chi connectivity index (χ2n) is 2.55. The Kier molecular flexibility index (Phi) is 2.85. The highest BCUT2D eigenvalue weighted by Gasteiger charge is 2.14. The fourth-order valence-electron chi connectivity index (χ4n) is 0.982. The first-order valence-corrected chi connectivity index (χ1v) is 5.49. The summed E-state index contributed by atoms with van der Waals surface area (Å²) >= 11 is 4.61. The Morgan fingerprint density at radius 2 is 2.36 bits per heavy atom. The molecule has 6 heteroatoms. The van der Waals surface area contributed by atoms with Crippen molar-refractivity contribution in [1.82, 2.24) is 15.0 Å². The maximum atomic E-state index is 9.84. The quantitative estimate of drug-likeness (QED) is 0.905. The Morgan fingerprint density at radius 1 is 1.50 bits per heavy atom. The molecule has 0 fully saturated rings. The van der Waals surface area contributed by atoms with E-state index in [9.17, 15) is 5.11 Å². The molecule has 0 saturated heterocycles. The molecule has 0 saturated carbocycles. The minimum atomic E-state index is -0.769. The molecule has 2 heterocycles. The molecule has 2 rings (SSSR count). The van der Waals surface area contributed by atoms with Gasteiger partial charge in [-0.2, -0.15) is 0 Å². The minimum Gasteiger partial charge on any atom is -0.380 e. The van der Waals surface area contributed by atoms with Crippen molar-refractivity contribution < 1.29 is 5.11 Å². The molecule has 0 spiro atoms. The van der Waals surface area contributed by atoms with Gasteiger partial charge in [-0.05, 0) is 22.0 Å². The van der Waals surface area contributed by atoms with Crippen LogP contribution in [0.3, 0.4) is 0 Å². The van der Waals surface area contributed by atoms with E-state index in [1.807, 2.05) is 5.38 Å². The molecule has 0 aromatic carbocycles. The zero-order valence-electron chi connectivity index (χ0n) is 6.96. The summed E-state index contributed by atoms with van der Waals surface area (Å²) in [6, 6.07) is 1.67. The number of hydrogen-bond acceptors (Lipinski definition) is 5. The lowest BCUT2D eigenvalue weighted by Gasteiger charge is -2.04. The third-order valence-corrected chi connectivity index (χ3v) is 3.22. The summed E-state index contributed by atoms with van der Waals surface area (Å²) in [5.74, 6) is 0. The van der Waals surface area contributed by atoms with E-state index in [0.29, 0.717) is 10.7 Å². The molecule has 0 bridgehead atoms. The zero-order chi connectivity index (χ0) is 9.97. The molecule has 1 unspecified atom stereocenters. The monoisotopic (exact) mass is 271 g/mol. The molecule has 1 atom stereocenters. The van der Waals surface area contributed by atoms with Gasteiger partial charge in [0.25, 0.3) is 0 Å². The Morgan fingerprint density at radius 3 is 2.93 bits per heavy atom. The molecule has 0 radical (unpaired) electrons. The standard InChI is InChI=1S/C8H6BrN3OS/c9-6-3-14-8(12-6)7(13)5-1-2-10-4-11-5/h1-4,7,13H. The first-order valence-electron chi connectivity index (χ1n) is 3.82. The van der Waals surface area contributed by atoms with Crippen LogP contribution in [0.1, 0.15) is 16.8 Å². The largest absolute Gasteiger partial charge is 0.380 e. The van der Waals surface area contributed by atoms with Gasteiger partial charge in [-0.1, -0.05) is 0 Å². The molecule has 1 N–H and O–H groups in total. The summed E-state index contributed by atoms with van der Waals surface area (Å²) in [4.78, 5) is 11.8. The van der Waals surface area contributed by atoms with Crippen LogP contribution in [0, 0.1) is 0 Å². The lowest BCUT2D eigenvalue weighted by atomic mass is 10.2. The summed E-state index contributed by atoms with van der Waals surface area (Å²) < 4.78 is 0.727. The SMILES string of the molecule is OC(c1ccncn1)c1nc(Br)cs1. The van der Waals surface area contributed by atoms with E-state index in [0.717, 1.165) is 4.60 Å². The molecule has 0 amide bonds. The van der Waals surface area contributed by atoms with E-state index in [4.69, 9.17) is 0 Å². The maximum absolute atomic E-state index is 9.84. The summed E-state index contributed by atoms with van der Waals surface area (Å²) in [5.41, 5.74) is 0.557. The van der Waals surface area contributed by atoms with Crippen molar-refractivity contribution in [2.24, 2.45) is 0 Å². The van der Waals surface area contributed by atoms with Crippen molar-refractivity contribution in [3.8, 4) is 0 Å². The van der Waals surface area contributed by atoms with Crippen LogP contribution in [0.5, 0.6) is 0 Å². The van der Waals surface area contributed by atoms with Gasteiger partial charge in [-0.25, -0.2) is 15.0 Å². The molecular formula is C8H6BrN3OS. The number of aromatic nitrogens is 3. The Hall–Kier alpha value is -0.850. The van der Waals surface area contributed by atoms with Crippen LogP contribution in [0.15, 0.2) is 28.6 Å². The van der Waals surface area contributed by atoms with Crippen molar-refractivity contribution in [2.45, 2.75) is 6.10 Å². The highest BCUT2D eigenvalue weighted by Crippen LogP contribution is 2.24. The lowest BCUT2D eigenvalue weighted by molar-refractivity contribution is 0.214. The Balaban J connectivity index is 2.29. The summed E-state index contributed by atoms with van der Waals surface area (Å²) in [6.07, 6.45) is 2.23. The first kappa shape index (κ1) is 9.70. The second kappa shape index (κ2) is 4.12. The van der Waals surface area contributed by atoms with Gasteiger partial charge in [0.05, 0.1) is 5.69 Å².